The second-order valence-corrected chi connectivity index (χ2v) is 5.35. The molecule has 0 spiro atoms. The molecule has 0 aliphatic carbocycles. The van der Waals surface area contributed by atoms with Crippen LogP contribution in [0.15, 0.2) is 24.3 Å². The molecule has 2 heterocycles. The number of fused-ring (bicyclic) bond motifs is 3. The summed E-state index contributed by atoms with van der Waals surface area (Å²) in [6, 6.07) is 8.49. The Morgan fingerprint density at radius 3 is 2.95 bits per heavy atom. The summed E-state index contributed by atoms with van der Waals surface area (Å²) in [6.45, 7) is 4.41. The van der Waals surface area contributed by atoms with E-state index in [1.165, 1.54) is 22.2 Å². The van der Waals surface area contributed by atoms with Gasteiger partial charge in [-0.05, 0) is 24.5 Å². The number of nitrogens with zero attached hydrogens (tertiary/aromatic N) is 1. The van der Waals surface area contributed by atoms with Crippen molar-refractivity contribution in [3.05, 3.63) is 35.5 Å². The first-order valence-corrected chi connectivity index (χ1v) is 7.41. The minimum absolute atomic E-state index is 0.0707. The Balaban J connectivity index is 1.77. The lowest BCUT2D eigenvalue weighted by Crippen LogP contribution is -2.41. The van der Waals surface area contributed by atoms with Crippen LogP contribution in [0.4, 0.5) is 4.79 Å². The fourth-order valence-electron chi connectivity index (χ4n) is 2.91. The third-order valence-corrected chi connectivity index (χ3v) is 3.98. The molecule has 2 aromatic rings. The second kappa shape index (κ2) is 5.57. The fraction of sp³-hybridized carbons (Fsp3) is 0.438. The lowest BCUT2D eigenvalue weighted by atomic mass is 10.1. The Morgan fingerprint density at radius 2 is 2.10 bits per heavy atom. The highest BCUT2D eigenvalue weighted by molar-refractivity contribution is 5.85. The predicted molar refractivity (Wildman–Crippen MR) is 81.0 cm³/mol. The van der Waals surface area contributed by atoms with Crippen molar-refractivity contribution in [2.24, 2.45) is 0 Å². The van der Waals surface area contributed by atoms with Crippen LogP contribution in [0.3, 0.4) is 0 Å². The molecule has 20 heavy (non-hydrogen) atoms. The van der Waals surface area contributed by atoms with Crippen LogP contribution in [0.5, 0.6) is 0 Å². The number of carbonyl (C=O) groups excluding carboxylic acids is 1. The number of carbonyl (C=O) groups is 1. The molecule has 1 aliphatic heterocycles. The van der Waals surface area contributed by atoms with Gasteiger partial charge < -0.3 is 15.2 Å². The van der Waals surface area contributed by atoms with Crippen LogP contribution in [-0.2, 0) is 12.8 Å². The summed E-state index contributed by atoms with van der Waals surface area (Å²) in [6.07, 6.45) is 2.81. The minimum Gasteiger partial charge on any atom is -0.358 e. The van der Waals surface area contributed by atoms with Crippen molar-refractivity contribution in [3.63, 3.8) is 0 Å². The number of benzene rings is 1. The van der Waals surface area contributed by atoms with E-state index in [2.05, 4.69) is 41.5 Å². The maximum atomic E-state index is 12.1. The van der Waals surface area contributed by atoms with Gasteiger partial charge in [-0.3, -0.25) is 0 Å². The maximum Gasteiger partial charge on any atom is 0.317 e. The number of hydrogen-bond donors (Lipinski definition) is 2. The molecule has 1 aliphatic rings. The first-order chi connectivity index (χ1) is 9.79. The SMILES string of the molecule is CCCNC(=O)N1CCc2[nH]c3ccccc3c2CC1. The highest BCUT2D eigenvalue weighted by atomic mass is 16.2. The molecular weight excluding hydrogens is 250 g/mol. The number of aromatic amines is 1. The predicted octanol–water partition coefficient (Wildman–Crippen LogP) is 2.69. The molecular formula is C16H21N3O. The molecule has 0 unspecified atom stereocenters. The molecule has 1 aromatic heterocycles. The summed E-state index contributed by atoms with van der Waals surface area (Å²) >= 11 is 0. The van der Waals surface area contributed by atoms with Crippen molar-refractivity contribution < 1.29 is 4.79 Å². The van der Waals surface area contributed by atoms with Crippen LogP contribution in [0.2, 0.25) is 0 Å². The molecule has 4 nitrogen and oxygen atoms in total. The molecule has 0 radical (unpaired) electrons. The Hall–Kier alpha value is -1.97. The van der Waals surface area contributed by atoms with E-state index in [-0.39, 0.29) is 6.03 Å². The highest BCUT2D eigenvalue weighted by Gasteiger charge is 2.20. The van der Waals surface area contributed by atoms with Crippen molar-refractivity contribution in [2.45, 2.75) is 26.2 Å². The van der Waals surface area contributed by atoms with Gasteiger partial charge in [0.2, 0.25) is 0 Å². The molecule has 106 valence electrons. The van der Waals surface area contributed by atoms with Crippen LogP contribution in [0.25, 0.3) is 10.9 Å². The van der Waals surface area contributed by atoms with Crippen molar-refractivity contribution in [1.29, 1.82) is 0 Å². The Labute approximate surface area is 119 Å². The van der Waals surface area contributed by atoms with Crippen LogP contribution < -0.4 is 5.32 Å². The average molecular weight is 271 g/mol. The zero-order valence-corrected chi connectivity index (χ0v) is 11.9. The van der Waals surface area contributed by atoms with Crippen molar-refractivity contribution in [3.8, 4) is 0 Å². The van der Waals surface area contributed by atoms with E-state index < -0.39 is 0 Å². The topological polar surface area (TPSA) is 48.1 Å². The molecule has 0 bridgehead atoms. The number of H-pyrrole nitrogens is 1. The lowest BCUT2D eigenvalue weighted by Gasteiger charge is -2.20. The van der Waals surface area contributed by atoms with Gasteiger partial charge in [0, 0.05) is 42.7 Å². The summed E-state index contributed by atoms with van der Waals surface area (Å²) in [4.78, 5) is 17.5. The second-order valence-electron chi connectivity index (χ2n) is 5.35. The number of para-hydroxylation sites is 1. The Kier molecular flexibility index (Phi) is 3.63. The first-order valence-electron chi connectivity index (χ1n) is 7.41. The van der Waals surface area contributed by atoms with Gasteiger partial charge in [-0.25, -0.2) is 4.79 Å². The summed E-state index contributed by atoms with van der Waals surface area (Å²) in [5.41, 5.74) is 3.88. The molecule has 1 aromatic carbocycles. The van der Waals surface area contributed by atoms with Gasteiger partial charge in [-0.15, -0.1) is 0 Å². The summed E-state index contributed by atoms with van der Waals surface area (Å²) in [5, 5.41) is 4.27. The van der Waals surface area contributed by atoms with Gasteiger partial charge in [0.05, 0.1) is 0 Å². The normalized spacial score (nSPS) is 14.9. The van der Waals surface area contributed by atoms with Gasteiger partial charge >= 0.3 is 6.03 Å². The van der Waals surface area contributed by atoms with E-state index in [4.69, 9.17) is 0 Å². The number of urea groups is 1. The Morgan fingerprint density at radius 1 is 1.30 bits per heavy atom. The average Bonchev–Trinajstić information content (AvgIpc) is 2.69. The monoisotopic (exact) mass is 271 g/mol. The molecule has 4 heteroatoms. The lowest BCUT2D eigenvalue weighted by molar-refractivity contribution is 0.200. The number of aromatic nitrogens is 1. The standard InChI is InChI=1S/C16H21N3O/c1-2-9-17-16(20)19-10-7-13-12-5-3-4-6-14(12)18-15(13)8-11-19/h3-6,18H,2,7-11H2,1H3,(H,17,20). The Bertz CT molecular complexity index is 617. The van der Waals surface area contributed by atoms with Gasteiger partial charge in [0.15, 0.2) is 0 Å². The molecule has 0 fully saturated rings. The van der Waals surface area contributed by atoms with Crippen molar-refractivity contribution >= 4 is 16.9 Å². The summed E-state index contributed by atoms with van der Waals surface area (Å²) in [7, 11) is 0. The number of amides is 2. The number of rotatable bonds is 2. The van der Waals surface area contributed by atoms with Gasteiger partial charge in [0.1, 0.15) is 0 Å². The molecule has 0 saturated heterocycles. The zero-order valence-electron chi connectivity index (χ0n) is 11.9. The summed E-state index contributed by atoms with van der Waals surface area (Å²) < 4.78 is 0. The van der Waals surface area contributed by atoms with E-state index in [1.807, 2.05) is 4.90 Å². The van der Waals surface area contributed by atoms with Crippen molar-refractivity contribution in [2.75, 3.05) is 19.6 Å². The van der Waals surface area contributed by atoms with E-state index in [0.717, 1.165) is 38.9 Å². The number of hydrogen-bond acceptors (Lipinski definition) is 1. The molecule has 0 atom stereocenters. The van der Waals surface area contributed by atoms with Crippen molar-refractivity contribution in [1.82, 2.24) is 15.2 Å². The smallest absolute Gasteiger partial charge is 0.317 e. The van der Waals surface area contributed by atoms with E-state index in [0.29, 0.717) is 0 Å². The maximum absolute atomic E-state index is 12.1. The largest absolute Gasteiger partial charge is 0.358 e. The molecule has 2 N–H and O–H groups in total. The third-order valence-electron chi connectivity index (χ3n) is 3.98. The van der Waals surface area contributed by atoms with Crippen LogP contribution in [0, 0.1) is 0 Å². The number of nitrogens with one attached hydrogen (secondary N) is 2. The minimum atomic E-state index is 0.0707. The van der Waals surface area contributed by atoms with Gasteiger partial charge in [0.25, 0.3) is 0 Å². The van der Waals surface area contributed by atoms with Gasteiger partial charge in [-0.2, -0.15) is 0 Å². The van der Waals surface area contributed by atoms with Crippen LogP contribution in [-0.4, -0.2) is 35.5 Å². The fourth-order valence-corrected chi connectivity index (χ4v) is 2.91. The quantitative estimate of drug-likeness (QED) is 0.867. The van der Waals surface area contributed by atoms with E-state index in [1.54, 1.807) is 0 Å². The van der Waals surface area contributed by atoms with E-state index in [9.17, 15) is 4.79 Å². The van der Waals surface area contributed by atoms with E-state index >= 15 is 0 Å². The molecule has 2 amide bonds. The molecule has 3 rings (SSSR count). The first kappa shape index (κ1) is 13.0. The molecule has 0 saturated carbocycles. The third kappa shape index (κ3) is 2.38. The zero-order chi connectivity index (χ0) is 13.9. The van der Waals surface area contributed by atoms with Crippen LogP contribution in [0.1, 0.15) is 24.6 Å². The summed E-state index contributed by atoms with van der Waals surface area (Å²) in [5.74, 6) is 0. The highest BCUT2D eigenvalue weighted by Crippen LogP contribution is 2.25. The van der Waals surface area contributed by atoms with Gasteiger partial charge in [-0.1, -0.05) is 25.1 Å². The van der Waals surface area contributed by atoms with Crippen LogP contribution >= 0.6 is 0 Å².